The smallest absolute Gasteiger partial charge is 0.255 e. The third-order valence-electron chi connectivity index (χ3n) is 5.88. The number of sulfonamides is 1. The van der Waals surface area contributed by atoms with Gasteiger partial charge in [0.05, 0.1) is 4.90 Å². The zero-order valence-electron chi connectivity index (χ0n) is 17.3. The summed E-state index contributed by atoms with van der Waals surface area (Å²) in [5.41, 5.74) is 2.80. The maximum atomic E-state index is 12.8. The van der Waals surface area contributed by atoms with Crippen LogP contribution in [0.25, 0.3) is 0 Å². The van der Waals surface area contributed by atoms with E-state index in [0.717, 1.165) is 36.6 Å². The van der Waals surface area contributed by atoms with Crippen molar-refractivity contribution in [2.45, 2.75) is 56.4 Å². The molecular formula is C23H29N3O3S. The predicted molar refractivity (Wildman–Crippen MR) is 119 cm³/mol. The van der Waals surface area contributed by atoms with Crippen LogP contribution in [0.5, 0.6) is 0 Å². The molecule has 2 aliphatic rings. The number of hydrogen-bond donors (Lipinski definition) is 3. The van der Waals surface area contributed by atoms with E-state index in [0.29, 0.717) is 11.3 Å². The molecule has 0 unspecified atom stereocenters. The highest BCUT2D eigenvalue weighted by Crippen LogP contribution is 2.26. The number of carbonyl (C=O) groups excluding carboxylic acids is 1. The molecule has 160 valence electrons. The van der Waals surface area contributed by atoms with Crippen LogP contribution in [-0.2, 0) is 10.0 Å². The summed E-state index contributed by atoms with van der Waals surface area (Å²) in [7, 11) is -3.60. The largest absolute Gasteiger partial charge is 0.385 e. The van der Waals surface area contributed by atoms with Gasteiger partial charge in [0.1, 0.15) is 0 Å². The second-order valence-electron chi connectivity index (χ2n) is 8.44. The second-order valence-corrected chi connectivity index (χ2v) is 10.1. The average molecular weight is 428 g/mol. The maximum absolute atomic E-state index is 12.8. The van der Waals surface area contributed by atoms with Gasteiger partial charge in [-0.05, 0) is 80.5 Å². The van der Waals surface area contributed by atoms with E-state index < -0.39 is 10.0 Å². The summed E-state index contributed by atoms with van der Waals surface area (Å²) in [6, 6.07) is 12.3. The predicted octanol–water partition coefficient (Wildman–Crippen LogP) is 4.29. The molecule has 30 heavy (non-hydrogen) atoms. The van der Waals surface area contributed by atoms with Gasteiger partial charge in [-0.1, -0.05) is 18.9 Å². The number of hydrogen-bond acceptors (Lipinski definition) is 4. The minimum Gasteiger partial charge on any atom is -0.385 e. The Hall–Kier alpha value is -2.38. The van der Waals surface area contributed by atoms with Crippen molar-refractivity contribution in [1.82, 2.24) is 4.72 Å². The lowest BCUT2D eigenvalue weighted by atomic mass is 10.1. The molecule has 0 spiro atoms. The summed E-state index contributed by atoms with van der Waals surface area (Å²) < 4.78 is 27.6. The number of anilines is 2. The lowest BCUT2D eigenvalue weighted by Gasteiger charge is -2.13. The third kappa shape index (κ3) is 5.21. The number of aryl methyl sites for hydroxylation is 1. The highest BCUT2D eigenvalue weighted by molar-refractivity contribution is 7.89. The van der Waals surface area contributed by atoms with Gasteiger partial charge in [0.2, 0.25) is 10.0 Å². The minimum absolute atomic E-state index is 0.0226. The van der Waals surface area contributed by atoms with E-state index in [4.69, 9.17) is 0 Å². The van der Waals surface area contributed by atoms with Crippen molar-refractivity contribution >= 4 is 27.3 Å². The molecule has 0 radical (unpaired) electrons. The quantitative estimate of drug-likeness (QED) is 0.586. The maximum Gasteiger partial charge on any atom is 0.255 e. The number of carbonyl (C=O) groups is 1. The minimum atomic E-state index is -3.60. The monoisotopic (exact) mass is 427 g/mol. The number of nitrogens with one attached hydrogen (secondary N) is 3. The summed E-state index contributed by atoms with van der Waals surface area (Å²) in [6.07, 6.45) is 6.98. The molecule has 7 heteroatoms. The van der Waals surface area contributed by atoms with Crippen LogP contribution in [0.15, 0.2) is 47.4 Å². The fourth-order valence-corrected chi connectivity index (χ4v) is 5.18. The van der Waals surface area contributed by atoms with E-state index >= 15 is 0 Å². The van der Waals surface area contributed by atoms with Crippen LogP contribution < -0.4 is 15.4 Å². The highest BCUT2D eigenvalue weighted by Gasteiger charge is 2.28. The van der Waals surface area contributed by atoms with Crippen molar-refractivity contribution in [3.05, 3.63) is 53.6 Å². The standard InChI is InChI=1S/C23H29N3O3S/c1-16-6-13-21(30(28,29)26-20-11-12-20)14-22(16)23(27)25-19-9-7-18(8-10-19)24-15-17-4-2-3-5-17/h6-10,13-14,17,20,24,26H,2-5,11-12,15H2,1H3,(H,25,27). The van der Waals surface area contributed by atoms with Crippen LogP contribution in [0.4, 0.5) is 11.4 Å². The Morgan fingerprint density at radius 1 is 0.967 bits per heavy atom. The molecule has 0 heterocycles. The molecule has 3 N–H and O–H groups in total. The molecule has 4 rings (SSSR count). The first-order valence-electron chi connectivity index (χ1n) is 10.7. The fraction of sp³-hybridized carbons (Fsp3) is 0.435. The topological polar surface area (TPSA) is 87.3 Å². The molecule has 2 aromatic carbocycles. The first-order valence-corrected chi connectivity index (χ1v) is 12.2. The summed E-state index contributed by atoms with van der Waals surface area (Å²) >= 11 is 0. The van der Waals surface area contributed by atoms with Crippen LogP contribution in [0, 0.1) is 12.8 Å². The van der Waals surface area contributed by atoms with E-state index in [1.54, 1.807) is 19.1 Å². The second kappa shape index (κ2) is 8.78. The number of amides is 1. The van der Waals surface area contributed by atoms with Crippen LogP contribution in [-0.4, -0.2) is 26.9 Å². The Balaban J connectivity index is 1.41. The van der Waals surface area contributed by atoms with Gasteiger partial charge in [0, 0.05) is 29.5 Å². The van der Waals surface area contributed by atoms with Crippen molar-refractivity contribution < 1.29 is 13.2 Å². The van der Waals surface area contributed by atoms with E-state index in [-0.39, 0.29) is 16.8 Å². The van der Waals surface area contributed by atoms with Crippen molar-refractivity contribution in [2.75, 3.05) is 17.2 Å². The van der Waals surface area contributed by atoms with E-state index in [1.165, 1.54) is 31.7 Å². The molecule has 2 aliphatic carbocycles. The van der Waals surface area contributed by atoms with Crippen molar-refractivity contribution in [3.8, 4) is 0 Å². The van der Waals surface area contributed by atoms with Crippen LogP contribution in [0.2, 0.25) is 0 Å². The van der Waals surface area contributed by atoms with Gasteiger partial charge in [-0.2, -0.15) is 0 Å². The van der Waals surface area contributed by atoms with Crippen molar-refractivity contribution in [2.24, 2.45) is 5.92 Å². The Morgan fingerprint density at radius 2 is 1.63 bits per heavy atom. The molecule has 1 amide bonds. The molecule has 0 saturated heterocycles. The summed E-state index contributed by atoms with van der Waals surface area (Å²) in [5, 5.41) is 6.34. The highest BCUT2D eigenvalue weighted by atomic mass is 32.2. The van der Waals surface area contributed by atoms with E-state index in [1.807, 2.05) is 24.3 Å². The Bertz CT molecular complexity index is 1010. The van der Waals surface area contributed by atoms with Crippen molar-refractivity contribution in [1.29, 1.82) is 0 Å². The third-order valence-corrected chi connectivity index (χ3v) is 7.39. The van der Waals surface area contributed by atoms with Gasteiger partial charge in [-0.3, -0.25) is 4.79 Å². The molecule has 0 aromatic heterocycles. The summed E-state index contributed by atoms with van der Waals surface area (Å²) in [6.45, 7) is 2.79. The normalized spacial score (nSPS) is 17.1. The molecular weight excluding hydrogens is 398 g/mol. The SMILES string of the molecule is Cc1ccc(S(=O)(=O)NC2CC2)cc1C(=O)Nc1ccc(NCC2CCCC2)cc1. The van der Waals surface area contributed by atoms with Gasteiger partial charge in [-0.15, -0.1) is 0 Å². The first kappa shape index (κ1) is 20.9. The summed E-state index contributed by atoms with van der Waals surface area (Å²) in [5.74, 6) is 0.438. The van der Waals surface area contributed by atoms with Gasteiger partial charge < -0.3 is 10.6 Å². The first-order chi connectivity index (χ1) is 14.4. The van der Waals surface area contributed by atoms with Crippen LogP contribution in [0.1, 0.15) is 54.4 Å². The van der Waals surface area contributed by atoms with Crippen molar-refractivity contribution in [3.63, 3.8) is 0 Å². The van der Waals surface area contributed by atoms with E-state index in [2.05, 4.69) is 15.4 Å². The zero-order valence-corrected chi connectivity index (χ0v) is 18.1. The molecule has 0 aliphatic heterocycles. The van der Waals surface area contributed by atoms with Gasteiger partial charge in [0.15, 0.2) is 0 Å². The molecule has 0 bridgehead atoms. The molecule has 0 atom stereocenters. The number of benzene rings is 2. The van der Waals surface area contributed by atoms with Gasteiger partial charge in [0.25, 0.3) is 5.91 Å². The van der Waals surface area contributed by atoms with Gasteiger partial charge >= 0.3 is 0 Å². The van der Waals surface area contributed by atoms with Crippen LogP contribution in [0.3, 0.4) is 0 Å². The lowest BCUT2D eigenvalue weighted by molar-refractivity contribution is 0.102. The lowest BCUT2D eigenvalue weighted by Crippen LogP contribution is -2.26. The molecule has 6 nitrogen and oxygen atoms in total. The van der Waals surface area contributed by atoms with Gasteiger partial charge in [-0.25, -0.2) is 13.1 Å². The molecule has 2 fully saturated rings. The Kier molecular flexibility index (Phi) is 6.11. The Labute approximate surface area is 178 Å². The number of rotatable bonds is 8. The fourth-order valence-electron chi connectivity index (χ4n) is 3.85. The Morgan fingerprint density at radius 3 is 2.30 bits per heavy atom. The molecule has 2 saturated carbocycles. The molecule has 2 aromatic rings. The van der Waals surface area contributed by atoms with E-state index in [9.17, 15) is 13.2 Å². The summed E-state index contributed by atoms with van der Waals surface area (Å²) in [4.78, 5) is 12.9. The zero-order chi connectivity index (χ0) is 21.1. The average Bonchev–Trinajstić information content (AvgIpc) is 3.36. The van der Waals surface area contributed by atoms with Crippen LogP contribution >= 0.6 is 0 Å².